The van der Waals surface area contributed by atoms with Crippen molar-refractivity contribution in [1.29, 1.82) is 0 Å². The van der Waals surface area contributed by atoms with Crippen LogP contribution in [0.1, 0.15) is 38.7 Å². The average Bonchev–Trinajstić information content (AvgIpc) is 3.45. The van der Waals surface area contributed by atoms with Crippen LogP contribution in [0.2, 0.25) is 0 Å². The number of benzene rings is 1. The Balaban J connectivity index is 0.00000216. The fourth-order valence-corrected chi connectivity index (χ4v) is 5.24. The number of hydrazine groups is 1. The molecule has 194 valence electrons. The van der Waals surface area contributed by atoms with Gasteiger partial charge >= 0.3 is 6.09 Å². The summed E-state index contributed by atoms with van der Waals surface area (Å²) in [4.78, 5) is 33.8. The number of nitrogens with zero attached hydrogens (tertiary/aromatic N) is 4. The lowest BCUT2D eigenvalue weighted by molar-refractivity contribution is -0.113. The number of carbonyl (C=O) groups excluding carboxylic acids is 2. The molecule has 2 fully saturated rings. The first-order valence-corrected chi connectivity index (χ1v) is 12.3. The van der Waals surface area contributed by atoms with Crippen molar-refractivity contribution in [3.05, 3.63) is 34.5 Å². The first-order valence-electron chi connectivity index (χ1n) is 11.5. The summed E-state index contributed by atoms with van der Waals surface area (Å²) < 4.78 is 19.6. The second kappa shape index (κ2) is 13.5. The van der Waals surface area contributed by atoms with Gasteiger partial charge in [0.2, 0.25) is 0 Å². The predicted octanol–water partition coefficient (Wildman–Crippen LogP) is 4.15. The van der Waals surface area contributed by atoms with Crippen LogP contribution in [-0.4, -0.2) is 77.3 Å². The third-order valence-corrected chi connectivity index (χ3v) is 7.17. The smallest absolute Gasteiger partial charge is 0.409 e. The minimum Gasteiger partial charge on any atom is -0.409 e. The fraction of sp³-hybridized carbons (Fsp3) is 0.522. The van der Waals surface area contributed by atoms with Crippen molar-refractivity contribution in [1.82, 2.24) is 20.2 Å². The molecule has 12 heteroatoms. The van der Waals surface area contributed by atoms with Crippen LogP contribution in [0.25, 0.3) is 6.08 Å². The van der Waals surface area contributed by atoms with E-state index >= 15 is 0 Å². The highest BCUT2D eigenvalue weighted by Gasteiger charge is 2.31. The number of halogens is 3. The van der Waals surface area contributed by atoms with E-state index in [4.69, 9.17) is 4.74 Å². The number of aliphatic imine (C=N–C) groups is 1. The minimum atomic E-state index is -0.512. The molecule has 8 nitrogen and oxygen atoms in total. The summed E-state index contributed by atoms with van der Waals surface area (Å²) in [7, 11) is 0. The number of carbonyl (C=O) groups is 2. The molecular formula is C23H32Cl2FN5O3S. The number of thioether (sulfide) groups is 1. The van der Waals surface area contributed by atoms with Gasteiger partial charge in [0, 0.05) is 43.9 Å². The first kappa shape index (κ1) is 29.4. The van der Waals surface area contributed by atoms with Crippen LogP contribution >= 0.6 is 36.6 Å². The molecule has 0 spiro atoms. The molecule has 0 unspecified atom stereocenters. The molecule has 0 saturated carbocycles. The van der Waals surface area contributed by atoms with Crippen LogP contribution in [-0.2, 0) is 4.79 Å². The van der Waals surface area contributed by atoms with E-state index in [1.165, 1.54) is 30.0 Å². The summed E-state index contributed by atoms with van der Waals surface area (Å²) in [5.41, 5.74) is 3.70. The molecule has 0 aliphatic carbocycles. The summed E-state index contributed by atoms with van der Waals surface area (Å²) in [6.07, 6.45) is 4.10. The van der Waals surface area contributed by atoms with Gasteiger partial charge in [-0.15, -0.1) is 24.8 Å². The highest BCUT2D eigenvalue weighted by atomic mass is 35.5. The minimum absolute atomic E-state index is 0. The molecule has 2 saturated heterocycles. The van der Waals surface area contributed by atoms with Crippen molar-refractivity contribution < 1.29 is 18.7 Å². The number of hydrogen-bond acceptors (Lipinski definition) is 7. The maximum atomic E-state index is 14.0. The maximum absolute atomic E-state index is 14.0. The number of likely N-dealkylation sites (tertiary alicyclic amines) is 1. The van der Waals surface area contributed by atoms with Gasteiger partial charge in [0.15, 0.2) is 5.17 Å². The Morgan fingerprint density at radius 1 is 1.29 bits per heavy atom. The van der Waals surface area contributed by atoms with Crippen molar-refractivity contribution in [3.8, 4) is 5.75 Å². The zero-order valence-electron chi connectivity index (χ0n) is 19.9. The van der Waals surface area contributed by atoms with E-state index in [1.807, 2.05) is 5.01 Å². The second-order valence-electron chi connectivity index (χ2n) is 8.24. The van der Waals surface area contributed by atoms with Crippen molar-refractivity contribution >= 4 is 59.8 Å². The zero-order valence-corrected chi connectivity index (χ0v) is 22.3. The standard InChI is InChI=1S/C23H30FN5O3S.2ClH/c1-3-27(4-2)18-9-12-28(15-18)23(31)32-19-14-17(24)8-7-16(19)13-20-21(30)26-22(33-20)29-11-6-5-10-25-29;;/h7-8,13-14,18,25H,3-6,9-12,15H2,1-2H3;2*1H/b20-13+;;/t18-;;/m1../s1. The molecule has 0 radical (unpaired) electrons. The Bertz CT molecular complexity index is 970. The van der Waals surface area contributed by atoms with E-state index in [0.29, 0.717) is 34.8 Å². The zero-order chi connectivity index (χ0) is 23.4. The number of rotatable bonds is 5. The number of amides is 2. The summed E-state index contributed by atoms with van der Waals surface area (Å²) in [6.45, 7) is 8.88. The molecule has 4 rings (SSSR count). The van der Waals surface area contributed by atoms with Crippen LogP contribution < -0.4 is 10.2 Å². The number of hydrogen-bond donors (Lipinski definition) is 1. The van der Waals surface area contributed by atoms with Crippen LogP contribution in [0.3, 0.4) is 0 Å². The first-order chi connectivity index (χ1) is 16.0. The molecule has 1 N–H and O–H groups in total. The highest BCUT2D eigenvalue weighted by molar-refractivity contribution is 8.18. The molecule has 3 aliphatic rings. The van der Waals surface area contributed by atoms with E-state index < -0.39 is 11.9 Å². The molecular weight excluding hydrogens is 516 g/mol. The van der Waals surface area contributed by atoms with Gasteiger partial charge in [0.05, 0.1) is 4.91 Å². The summed E-state index contributed by atoms with van der Waals surface area (Å²) in [6, 6.07) is 4.28. The Hall–Kier alpha value is -1.85. The Morgan fingerprint density at radius 3 is 2.74 bits per heavy atom. The molecule has 1 aromatic carbocycles. The van der Waals surface area contributed by atoms with Crippen molar-refractivity contribution in [2.75, 3.05) is 39.3 Å². The van der Waals surface area contributed by atoms with Gasteiger partial charge < -0.3 is 9.64 Å². The summed E-state index contributed by atoms with van der Waals surface area (Å²) in [5.74, 6) is -0.774. The van der Waals surface area contributed by atoms with Crippen molar-refractivity contribution in [3.63, 3.8) is 0 Å². The molecule has 1 atom stereocenters. The van der Waals surface area contributed by atoms with E-state index in [-0.39, 0.29) is 36.5 Å². The maximum Gasteiger partial charge on any atom is 0.415 e. The van der Waals surface area contributed by atoms with Gasteiger partial charge in [0.25, 0.3) is 5.91 Å². The lowest BCUT2D eigenvalue weighted by Gasteiger charge is -2.28. The van der Waals surface area contributed by atoms with Gasteiger partial charge in [-0.1, -0.05) is 13.8 Å². The lowest BCUT2D eigenvalue weighted by Crippen LogP contribution is -2.45. The van der Waals surface area contributed by atoms with Gasteiger partial charge in [-0.25, -0.2) is 14.6 Å². The summed E-state index contributed by atoms with van der Waals surface area (Å²) in [5, 5.41) is 2.49. The molecule has 2 amide bonds. The molecule has 0 aromatic heterocycles. The number of likely N-dealkylation sites (N-methyl/N-ethyl adjacent to an activating group) is 1. The Labute approximate surface area is 222 Å². The van der Waals surface area contributed by atoms with E-state index in [9.17, 15) is 14.0 Å². The normalized spacial score (nSPS) is 21.1. The van der Waals surface area contributed by atoms with E-state index in [2.05, 4.69) is 29.2 Å². The second-order valence-corrected chi connectivity index (χ2v) is 9.25. The molecule has 0 bridgehead atoms. The topological polar surface area (TPSA) is 77.5 Å². The molecule has 1 aromatic rings. The van der Waals surface area contributed by atoms with Crippen molar-refractivity contribution in [2.24, 2.45) is 4.99 Å². The molecule has 3 aliphatic heterocycles. The largest absolute Gasteiger partial charge is 0.415 e. The third-order valence-electron chi connectivity index (χ3n) is 6.16. The Kier molecular flexibility index (Phi) is 11.3. The monoisotopic (exact) mass is 547 g/mol. The number of amidine groups is 1. The quantitative estimate of drug-likeness (QED) is 0.554. The SMILES string of the molecule is CCN(CC)[C@@H]1CCN(C(=O)Oc2cc(F)ccc2/C=C2/SC(N3CCCCN3)=NC2=O)C1.Cl.Cl. The number of ether oxygens (including phenoxy) is 1. The molecule has 35 heavy (non-hydrogen) atoms. The van der Waals surface area contributed by atoms with Gasteiger partial charge in [-0.2, -0.15) is 4.99 Å². The highest BCUT2D eigenvalue weighted by Crippen LogP contribution is 2.33. The van der Waals surface area contributed by atoms with Gasteiger partial charge in [-0.05, 0) is 62.3 Å². The van der Waals surface area contributed by atoms with Crippen LogP contribution in [0.5, 0.6) is 5.75 Å². The number of nitrogens with one attached hydrogen (secondary N) is 1. The molecule has 3 heterocycles. The van der Waals surface area contributed by atoms with Crippen molar-refractivity contribution in [2.45, 2.75) is 39.2 Å². The van der Waals surface area contributed by atoms with Gasteiger partial charge in [0.1, 0.15) is 11.6 Å². The van der Waals surface area contributed by atoms with Crippen LogP contribution in [0, 0.1) is 5.82 Å². The third kappa shape index (κ3) is 7.10. The summed E-state index contributed by atoms with van der Waals surface area (Å²) >= 11 is 1.26. The van der Waals surface area contributed by atoms with Gasteiger partial charge in [-0.3, -0.25) is 14.7 Å². The van der Waals surface area contributed by atoms with E-state index in [0.717, 1.165) is 45.4 Å². The average molecular weight is 549 g/mol. The Morgan fingerprint density at radius 2 is 2.06 bits per heavy atom. The van der Waals surface area contributed by atoms with Crippen LogP contribution in [0.15, 0.2) is 28.1 Å². The lowest BCUT2D eigenvalue weighted by atomic mass is 10.2. The van der Waals surface area contributed by atoms with Crippen LogP contribution in [0.4, 0.5) is 9.18 Å². The predicted molar refractivity (Wildman–Crippen MR) is 142 cm³/mol. The van der Waals surface area contributed by atoms with E-state index in [1.54, 1.807) is 11.0 Å². The fourth-order valence-electron chi connectivity index (χ4n) is 4.33.